The monoisotopic (exact) mass is 329 g/mol. The lowest BCUT2D eigenvalue weighted by molar-refractivity contribution is -0.136. The molecule has 2 aromatic carbocycles. The average molecular weight is 330 g/mol. The molecule has 0 spiro atoms. The predicted molar refractivity (Wildman–Crippen MR) is 85.1 cm³/mol. The van der Waals surface area contributed by atoms with Gasteiger partial charge in [-0.2, -0.15) is 0 Å². The van der Waals surface area contributed by atoms with E-state index < -0.39 is 17.8 Å². The van der Waals surface area contributed by atoms with Gasteiger partial charge in [0.25, 0.3) is 11.8 Å². The predicted octanol–water partition coefficient (Wildman–Crippen LogP) is 3.08. The Bertz CT molecular complexity index is 801. The van der Waals surface area contributed by atoms with E-state index in [2.05, 4.69) is 0 Å². The van der Waals surface area contributed by atoms with E-state index in [1.807, 2.05) is 0 Å². The maximum atomic E-state index is 12.6. The molecule has 5 nitrogen and oxygen atoms in total. The van der Waals surface area contributed by atoms with Crippen molar-refractivity contribution < 1.29 is 19.5 Å². The summed E-state index contributed by atoms with van der Waals surface area (Å²) in [6.07, 6.45) is -0.118. The molecule has 1 aliphatic rings. The van der Waals surface area contributed by atoms with Crippen LogP contribution >= 0.6 is 11.6 Å². The van der Waals surface area contributed by atoms with Crippen molar-refractivity contribution in [2.24, 2.45) is 0 Å². The van der Waals surface area contributed by atoms with Crippen molar-refractivity contribution in [3.05, 3.63) is 63.7 Å². The highest BCUT2D eigenvalue weighted by atomic mass is 35.5. The van der Waals surface area contributed by atoms with Crippen LogP contribution in [0.2, 0.25) is 5.02 Å². The number of nitrogens with zero attached hydrogens (tertiary/aromatic N) is 1. The summed E-state index contributed by atoms with van der Waals surface area (Å²) in [7, 11) is 0. The largest absolute Gasteiger partial charge is 0.481 e. The van der Waals surface area contributed by atoms with Gasteiger partial charge in [-0.05, 0) is 36.2 Å². The maximum absolute atomic E-state index is 12.6. The van der Waals surface area contributed by atoms with Crippen LogP contribution in [0.5, 0.6) is 0 Å². The van der Waals surface area contributed by atoms with Crippen LogP contribution in [0, 0.1) is 6.92 Å². The van der Waals surface area contributed by atoms with Gasteiger partial charge < -0.3 is 5.11 Å². The van der Waals surface area contributed by atoms with E-state index in [-0.39, 0.29) is 17.0 Å². The number of anilines is 1. The Morgan fingerprint density at radius 1 is 1.04 bits per heavy atom. The normalized spacial score (nSPS) is 13.4. The molecule has 2 aromatic rings. The molecule has 0 aromatic heterocycles. The molecule has 0 saturated heterocycles. The van der Waals surface area contributed by atoms with Crippen molar-refractivity contribution in [2.45, 2.75) is 13.3 Å². The van der Waals surface area contributed by atoms with E-state index in [9.17, 15) is 14.4 Å². The van der Waals surface area contributed by atoms with Crippen molar-refractivity contribution in [2.75, 3.05) is 4.90 Å². The van der Waals surface area contributed by atoms with Gasteiger partial charge in [0.05, 0.1) is 28.3 Å². The fourth-order valence-electron chi connectivity index (χ4n) is 2.65. The quantitative estimate of drug-likeness (QED) is 0.878. The third-order valence-electron chi connectivity index (χ3n) is 3.75. The number of hydrogen-bond donors (Lipinski definition) is 1. The van der Waals surface area contributed by atoms with Crippen molar-refractivity contribution in [1.82, 2.24) is 0 Å². The highest BCUT2D eigenvalue weighted by molar-refractivity contribution is 6.42. The maximum Gasteiger partial charge on any atom is 0.307 e. The number of imide groups is 1. The van der Waals surface area contributed by atoms with Crippen LogP contribution in [-0.2, 0) is 11.2 Å². The molecule has 1 N–H and O–H groups in total. The Morgan fingerprint density at radius 3 is 2.22 bits per heavy atom. The number of aryl methyl sites for hydroxylation is 1. The van der Waals surface area contributed by atoms with Gasteiger partial charge in [0.15, 0.2) is 0 Å². The first kappa shape index (κ1) is 15.2. The first-order valence-corrected chi connectivity index (χ1v) is 7.26. The first-order valence-electron chi connectivity index (χ1n) is 6.88. The molecular weight excluding hydrogens is 318 g/mol. The summed E-state index contributed by atoms with van der Waals surface area (Å²) in [5, 5.41) is 9.02. The Hall–Kier alpha value is -2.66. The van der Waals surface area contributed by atoms with Crippen LogP contribution < -0.4 is 4.90 Å². The molecule has 0 fully saturated rings. The second-order valence-corrected chi connectivity index (χ2v) is 5.70. The molecular formula is C17H12ClNO4. The minimum Gasteiger partial charge on any atom is -0.481 e. The van der Waals surface area contributed by atoms with Gasteiger partial charge in [-0.3, -0.25) is 14.4 Å². The molecule has 23 heavy (non-hydrogen) atoms. The summed E-state index contributed by atoms with van der Waals surface area (Å²) in [5.74, 6) is -1.83. The van der Waals surface area contributed by atoms with Crippen LogP contribution in [0.15, 0.2) is 36.4 Å². The van der Waals surface area contributed by atoms with E-state index in [4.69, 9.17) is 16.7 Å². The lowest BCUT2D eigenvalue weighted by atomic mass is 10.0. The molecule has 0 saturated carbocycles. The van der Waals surface area contributed by atoms with Crippen LogP contribution in [-0.4, -0.2) is 22.9 Å². The second-order valence-electron chi connectivity index (χ2n) is 5.30. The smallest absolute Gasteiger partial charge is 0.307 e. The molecule has 1 heterocycles. The van der Waals surface area contributed by atoms with Crippen LogP contribution in [0.25, 0.3) is 0 Å². The number of aliphatic carboxylic acids is 1. The third kappa shape index (κ3) is 2.49. The lowest BCUT2D eigenvalue weighted by Crippen LogP contribution is -2.29. The topological polar surface area (TPSA) is 74.7 Å². The Balaban J connectivity index is 2.01. The van der Waals surface area contributed by atoms with E-state index in [0.717, 1.165) is 4.90 Å². The zero-order valence-corrected chi connectivity index (χ0v) is 12.9. The van der Waals surface area contributed by atoms with E-state index in [1.54, 1.807) is 43.3 Å². The van der Waals surface area contributed by atoms with Crippen LogP contribution in [0.3, 0.4) is 0 Å². The molecule has 0 bridgehead atoms. The minimum atomic E-state index is -0.944. The molecule has 116 valence electrons. The second kappa shape index (κ2) is 5.52. The van der Waals surface area contributed by atoms with Crippen LogP contribution in [0.4, 0.5) is 5.69 Å². The molecule has 0 unspecified atom stereocenters. The molecule has 6 heteroatoms. The first-order chi connectivity index (χ1) is 10.9. The zero-order valence-electron chi connectivity index (χ0n) is 12.2. The number of hydrogen-bond acceptors (Lipinski definition) is 3. The number of carbonyl (C=O) groups excluding carboxylic acids is 2. The number of carbonyl (C=O) groups is 3. The van der Waals surface area contributed by atoms with Gasteiger partial charge in [0, 0.05) is 0 Å². The number of carboxylic acid groups (broad SMARTS) is 1. The van der Waals surface area contributed by atoms with Gasteiger partial charge >= 0.3 is 5.97 Å². The van der Waals surface area contributed by atoms with E-state index in [0.29, 0.717) is 22.4 Å². The molecule has 0 aliphatic carbocycles. The summed E-state index contributed by atoms with van der Waals surface area (Å²) in [4.78, 5) is 36.9. The molecule has 0 radical (unpaired) electrons. The number of carboxylic acids is 1. The van der Waals surface area contributed by atoms with Crippen molar-refractivity contribution in [3.8, 4) is 0 Å². The highest BCUT2D eigenvalue weighted by Crippen LogP contribution is 2.34. The van der Waals surface area contributed by atoms with Crippen molar-refractivity contribution in [3.63, 3.8) is 0 Å². The van der Waals surface area contributed by atoms with Gasteiger partial charge in [-0.15, -0.1) is 0 Å². The number of fused-ring (bicyclic) bond motifs is 1. The number of rotatable bonds is 3. The minimum absolute atomic E-state index is 0.118. The molecule has 1 aliphatic heterocycles. The van der Waals surface area contributed by atoms with E-state index in [1.165, 1.54) is 0 Å². The SMILES string of the molecule is Cc1ccc(Cl)c2c1C(=O)N(c1ccc(CC(=O)O)cc1)C2=O. The number of benzene rings is 2. The average Bonchev–Trinajstić information content (AvgIpc) is 2.76. The standard InChI is InChI=1S/C17H12ClNO4/c1-9-2-7-12(18)15-14(9)16(22)19(17(15)23)11-5-3-10(4-6-11)8-13(20)21/h2-7H,8H2,1H3,(H,20,21). The van der Waals surface area contributed by atoms with Crippen molar-refractivity contribution in [1.29, 1.82) is 0 Å². The lowest BCUT2D eigenvalue weighted by Gasteiger charge is -2.14. The molecule has 0 atom stereocenters. The summed E-state index contributed by atoms with van der Waals surface area (Å²) in [6, 6.07) is 9.58. The van der Waals surface area contributed by atoms with Gasteiger partial charge in [-0.25, -0.2) is 4.90 Å². The Labute approximate surface area is 137 Å². The van der Waals surface area contributed by atoms with Gasteiger partial charge in [0.1, 0.15) is 0 Å². The zero-order chi connectivity index (χ0) is 16.7. The Morgan fingerprint density at radius 2 is 1.65 bits per heavy atom. The summed E-state index contributed by atoms with van der Waals surface area (Å²) in [5.41, 5.74) is 2.20. The Kier molecular flexibility index (Phi) is 3.66. The summed E-state index contributed by atoms with van der Waals surface area (Å²) >= 11 is 6.07. The number of amides is 2. The van der Waals surface area contributed by atoms with Crippen LogP contribution in [0.1, 0.15) is 31.8 Å². The molecule has 3 rings (SSSR count). The van der Waals surface area contributed by atoms with E-state index >= 15 is 0 Å². The fourth-order valence-corrected chi connectivity index (χ4v) is 2.89. The summed E-state index contributed by atoms with van der Waals surface area (Å²) in [6.45, 7) is 1.75. The third-order valence-corrected chi connectivity index (χ3v) is 4.06. The van der Waals surface area contributed by atoms with Gasteiger partial charge in [0.2, 0.25) is 0 Å². The number of halogens is 1. The molecule has 2 amide bonds. The van der Waals surface area contributed by atoms with Crippen molar-refractivity contribution >= 4 is 35.1 Å². The highest BCUT2D eigenvalue weighted by Gasteiger charge is 2.39. The fraction of sp³-hybridized carbons (Fsp3) is 0.118. The van der Waals surface area contributed by atoms with Gasteiger partial charge in [-0.1, -0.05) is 29.8 Å². The summed E-state index contributed by atoms with van der Waals surface area (Å²) < 4.78 is 0.